The van der Waals surface area contributed by atoms with Gasteiger partial charge in [0, 0.05) is 32.3 Å². The highest BCUT2D eigenvalue weighted by molar-refractivity contribution is 7.80. The number of hydrogen-bond donors (Lipinski definition) is 1. The first-order valence-corrected chi connectivity index (χ1v) is 8.81. The van der Waals surface area contributed by atoms with Crippen LogP contribution in [0.1, 0.15) is 45.4 Å². The number of nitrogens with one attached hydrogen (secondary N) is 1. The largest absolute Gasteiger partial charge is 0.450 e. The van der Waals surface area contributed by atoms with Crippen molar-refractivity contribution in [3.05, 3.63) is 11.9 Å². The topological polar surface area (TPSA) is 44.8 Å². The van der Waals surface area contributed by atoms with Crippen LogP contribution in [0.3, 0.4) is 0 Å². The van der Waals surface area contributed by atoms with E-state index in [-0.39, 0.29) is 0 Å². The predicted octanol–water partition coefficient (Wildman–Crippen LogP) is 2.87. The molecule has 0 spiro atoms. The molecule has 0 aromatic rings. The Labute approximate surface area is 138 Å². The van der Waals surface area contributed by atoms with Gasteiger partial charge in [-0.1, -0.05) is 12.2 Å². The van der Waals surface area contributed by atoms with Crippen molar-refractivity contribution in [2.75, 3.05) is 32.8 Å². The Kier molecular flexibility index (Phi) is 6.96. The van der Waals surface area contributed by atoms with Gasteiger partial charge in [-0.25, -0.2) is 4.79 Å². The van der Waals surface area contributed by atoms with E-state index in [0.29, 0.717) is 11.6 Å². The monoisotopic (exact) mass is 325 g/mol. The lowest BCUT2D eigenvalue weighted by molar-refractivity contribution is 0.157. The first-order chi connectivity index (χ1) is 10.7. The Morgan fingerprint density at radius 2 is 1.55 bits per heavy atom. The molecule has 2 fully saturated rings. The molecule has 124 valence electrons. The predicted molar refractivity (Wildman–Crippen MR) is 91.7 cm³/mol. The summed E-state index contributed by atoms with van der Waals surface area (Å²) in [5.74, 6) is 1.17. The van der Waals surface area contributed by atoms with E-state index in [2.05, 4.69) is 15.1 Å². The average Bonchev–Trinajstić information content (AvgIpc) is 2.54. The zero-order valence-corrected chi connectivity index (χ0v) is 14.3. The van der Waals surface area contributed by atoms with Crippen molar-refractivity contribution in [2.24, 2.45) is 0 Å². The van der Waals surface area contributed by atoms with Gasteiger partial charge in [-0.05, 0) is 45.4 Å². The second-order valence-electron chi connectivity index (χ2n) is 5.81. The Balaban J connectivity index is 2.06. The van der Waals surface area contributed by atoms with Crippen molar-refractivity contribution in [1.82, 2.24) is 15.1 Å². The number of carbonyl (C=O) groups is 1. The van der Waals surface area contributed by atoms with Gasteiger partial charge in [0.15, 0.2) is 0 Å². The first kappa shape index (κ1) is 17.1. The third kappa shape index (κ3) is 5.16. The third-order valence-electron chi connectivity index (χ3n) is 4.12. The maximum atomic E-state index is 11.5. The lowest BCUT2D eigenvalue weighted by atomic mass is 10.1. The number of rotatable bonds is 4. The van der Waals surface area contributed by atoms with Gasteiger partial charge < -0.3 is 14.5 Å². The summed E-state index contributed by atoms with van der Waals surface area (Å²) in [5.41, 5.74) is 0. The van der Waals surface area contributed by atoms with Crippen LogP contribution in [0.2, 0.25) is 0 Å². The molecule has 0 bridgehead atoms. The van der Waals surface area contributed by atoms with Crippen molar-refractivity contribution in [3.8, 4) is 0 Å². The normalized spacial score (nSPS) is 18.6. The van der Waals surface area contributed by atoms with E-state index in [1.807, 2.05) is 6.08 Å². The van der Waals surface area contributed by atoms with Gasteiger partial charge in [0.05, 0.1) is 6.61 Å². The number of piperidine rings is 2. The highest BCUT2D eigenvalue weighted by atomic mass is 32.1. The molecular formula is C16H27N3O2S. The molecule has 22 heavy (non-hydrogen) atoms. The fourth-order valence-electron chi connectivity index (χ4n) is 3.05. The molecule has 2 aliphatic heterocycles. The van der Waals surface area contributed by atoms with Crippen molar-refractivity contribution < 1.29 is 9.53 Å². The van der Waals surface area contributed by atoms with Gasteiger partial charge in [-0.3, -0.25) is 5.32 Å². The molecule has 2 rings (SSSR count). The molecule has 6 heteroatoms. The highest BCUT2D eigenvalue weighted by Crippen LogP contribution is 2.21. The number of ether oxygens (including phenoxy) is 1. The number of nitrogens with zero attached hydrogens (tertiary/aromatic N) is 2. The van der Waals surface area contributed by atoms with Gasteiger partial charge >= 0.3 is 6.09 Å². The molecule has 0 radical (unpaired) electrons. The average molecular weight is 325 g/mol. The Bertz CT molecular complexity index is 394. The molecule has 0 unspecified atom stereocenters. The summed E-state index contributed by atoms with van der Waals surface area (Å²) < 4.78 is 4.89. The maximum absolute atomic E-state index is 11.5. The third-order valence-corrected chi connectivity index (χ3v) is 4.34. The summed E-state index contributed by atoms with van der Waals surface area (Å²) in [6.45, 7) is 6.43. The van der Waals surface area contributed by atoms with Crippen molar-refractivity contribution in [3.63, 3.8) is 0 Å². The Hall–Kier alpha value is -1.30. The standard InChI is InChI=1S/C16H27N3O2S/c1-2-21-16(20)17-14(22)13-15(18-9-5-3-6-10-18)19-11-7-4-8-12-19/h13H,2-12H2,1H3,(H,17,20,22). The summed E-state index contributed by atoms with van der Waals surface area (Å²) in [5, 5.41) is 2.63. The van der Waals surface area contributed by atoms with Gasteiger partial charge in [-0.15, -0.1) is 0 Å². The molecule has 0 aromatic carbocycles. The van der Waals surface area contributed by atoms with E-state index >= 15 is 0 Å². The fraction of sp³-hybridized carbons (Fsp3) is 0.750. The van der Waals surface area contributed by atoms with Crippen LogP contribution in [0, 0.1) is 0 Å². The SMILES string of the molecule is CCOC(=O)NC(=S)C=C(N1CCCCC1)N1CCCCC1. The number of likely N-dealkylation sites (tertiary alicyclic amines) is 2. The molecule has 0 atom stereocenters. The van der Waals surface area contributed by atoms with E-state index in [1.54, 1.807) is 6.92 Å². The maximum Gasteiger partial charge on any atom is 0.412 e. The van der Waals surface area contributed by atoms with Crippen LogP contribution in [-0.2, 0) is 4.74 Å². The van der Waals surface area contributed by atoms with Crippen LogP contribution in [0.4, 0.5) is 4.79 Å². The minimum atomic E-state index is -0.472. The van der Waals surface area contributed by atoms with E-state index in [9.17, 15) is 4.79 Å². The summed E-state index contributed by atoms with van der Waals surface area (Å²) in [6, 6.07) is 0. The van der Waals surface area contributed by atoms with Gasteiger partial charge in [0.25, 0.3) is 0 Å². The van der Waals surface area contributed by atoms with Crippen LogP contribution in [0.25, 0.3) is 0 Å². The van der Waals surface area contributed by atoms with Gasteiger partial charge in [0.2, 0.25) is 0 Å². The van der Waals surface area contributed by atoms with Crippen LogP contribution in [0.15, 0.2) is 11.9 Å². The molecule has 1 amide bonds. The molecule has 5 nitrogen and oxygen atoms in total. The minimum Gasteiger partial charge on any atom is -0.450 e. The zero-order chi connectivity index (χ0) is 15.8. The molecule has 2 aliphatic rings. The number of hydrogen-bond acceptors (Lipinski definition) is 5. The number of thiocarbonyl (C=S) groups is 1. The second kappa shape index (κ2) is 8.98. The smallest absolute Gasteiger partial charge is 0.412 e. The zero-order valence-electron chi connectivity index (χ0n) is 13.5. The van der Waals surface area contributed by atoms with Gasteiger partial charge in [0.1, 0.15) is 10.8 Å². The van der Waals surface area contributed by atoms with Crippen molar-refractivity contribution in [2.45, 2.75) is 45.4 Å². The summed E-state index contributed by atoms with van der Waals surface area (Å²) in [7, 11) is 0. The summed E-state index contributed by atoms with van der Waals surface area (Å²) in [6.07, 6.45) is 8.97. The van der Waals surface area contributed by atoms with Crippen LogP contribution in [-0.4, -0.2) is 53.7 Å². The lowest BCUT2D eigenvalue weighted by Crippen LogP contribution is -2.42. The number of alkyl carbamates (subject to hydrolysis) is 1. The molecule has 1 N–H and O–H groups in total. The van der Waals surface area contributed by atoms with Gasteiger partial charge in [-0.2, -0.15) is 0 Å². The van der Waals surface area contributed by atoms with E-state index in [0.717, 1.165) is 26.2 Å². The number of carbonyl (C=O) groups excluding carboxylic acids is 1. The summed E-state index contributed by atoms with van der Waals surface area (Å²) in [4.78, 5) is 16.8. The van der Waals surface area contributed by atoms with E-state index < -0.39 is 6.09 Å². The van der Waals surface area contributed by atoms with E-state index in [1.165, 1.54) is 44.3 Å². The molecule has 0 aliphatic carbocycles. The fourth-order valence-corrected chi connectivity index (χ4v) is 3.24. The molecule has 0 aromatic heterocycles. The van der Waals surface area contributed by atoms with Crippen LogP contribution >= 0.6 is 12.2 Å². The summed E-state index contributed by atoms with van der Waals surface area (Å²) >= 11 is 5.32. The molecular weight excluding hydrogens is 298 g/mol. The molecule has 2 heterocycles. The highest BCUT2D eigenvalue weighted by Gasteiger charge is 2.21. The number of amides is 1. The first-order valence-electron chi connectivity index (χ1n) is 8.40. The molecule has 2 saturated heterocycles. The Morgan fingerprint density at radius 3 is 2.00 bits per heavy atom. The Morgan fingerprint density at radius 1 is 1.05 bits per heavy atom. The van der Waals surface area contributed by atoms with Crippen LogP contribution in [0.5, 0.6) is 0 Å². The quantitative estimate of drug-likeness (QED) is 0.636. The van der Waals surface area contributed by atoms with Crippen molar-refractivity contribution in [1.29, 1.82) is 0 Å². The molecule has 0 saturated carbocycles. The second-order valence-corrected chi connectivity index (χ2v) is 6.25. The minimum absolute atomic E-state index is 0.350. The van der Waals surface area contributed by atoms with E-state index in [4.69, 9.17) is 17.0 Å². The van der Waals surface area contributed by atoms with Crippen molar-refractivity contribution >= 4 is 23.3 Å². The van der Waals surface area contributed by atoms with Crippen LogP contribution < -0.4 is 5.32 Å². The lowest BCUT2D eigenvalue weighted by Gasteiger charge is -2.40.